The van der Waals surface area contributed by atoms with E-state index in [1.54, 1.807) is 13.8 Å². The van der Waals surface area contributed by atoms with Gasteiger partial charge in [-0.15, -0.1) is 0 Å². The molecule has 0 atom stereocenters. The highest BCUT2D eigenvalue weighted by Crippen LogP contribution is 2.15. The van der Waals surface area contributed by atoms with Crippen LogP contribution < -0.4 is 11.3 Å². The Morgan fingerprint density at radius 2 is 2.13 bits per heavy atom. The molecule has 6 nitrogen and oxygen atoms in total. The summed E-state index contributed by atoms with van der Waals surface area (Å²) in [6.07, 6.45) is -0.733. The summed E-state index contributed by atoms with van der Waals surface area (Å²) in [6, 6.07) is -0.177. The molecule has 0 radical (unpaired) electrons. The van der Waals surface area contributed by atoms with Gasteiger partial charge in [0.1, 0.15) is 0 Å². The highest BCUT2D eigenvalue weighted by molar-refractivity contribution is 5.70. The van der Waals surface area contributed by atoms with Gasteiger partial charge in [-0.1, -0.05) is 0 Å². The maximum Gasteiger partial charge on any atom is 0.291 e. The van der Waals surface area contributed by atoms with Gasteiger partial charge in [-0.05, 0) is 13.8 Å². The average molecular weight is 211 g/mol. The number of aromatic amines is 1. The summed E-state index contributed by atoms with van der Waals surface area (Å²) in [5.41, 5.74) is 4.98. The van der Waals surface area contributed by atoms with Gasteiger partial charge in [-0.2, -0.15) is 14.4 Å². The number of hydrogen-bond acceptors (Lipinski definition) is 4. The zero-order chi connectivity index (χ0) is 11.2. The first kappa shape index (κ1) is 9.63. The summed E-state index contributed by atoms with van der Waals surface area (Å²) >= 11 is 0. The number of H-pyrrole nitrogens is 1. The Labute approximate surface area is 84.0 Å². The molecule has 80 valence electrons. The third kappa shape index (κ3) is 1.36. The van der Waals surface area contributed by atoms with E-state index in [1.807, 2.05) is 0 Å². The van der Waals surface area contributed by atoms with Crippen molar-refractivity contribution in [2.24, 2.45) is 0 Å². The lowest BCUT2D eigenvalue weighted by Crippen LogP contribution is -2.12. The van der Waals surface area contributed by atoms with Crippen LogP contribution in [0.25, 0.3) is 11.2 Å². The minimum atomic E-state index is -0.733. The van der Waals surface area contributed by atoms with Crippen molar-refractivity contribution in [3.8, 4) is 0 Å². The van der Waals surface area contributed by atoms with E-state index in [-0.39, 0.29) is 23.2 Å². The van der Waals surface area contributed by atoms with Crippen LogP contribution in [-0.2, 0) is 0 Å². The number of aromatic nitrogens is 4. The number of anilines is 1. The Kier molecular flexibility index (Phi) is 1.95. The predicted octanol–water partition coefficient (Wildman–Crippen LogP) is 0.422. The van der Waals surface area contributed by atoms with Gasteiger partial charge in [0, 0.05) is 6.04 Å². The van der Waals surface area contributed by atoms with E-state index in [1.165, 1.54) is 4.57 Å². The largest absolute Gasteiger partial charge is 0.369 e. The fraction of sp³-hybridized carbons (Fsp3) is 0.375. The maximum atomic E-state index is 13.4. The monoisotopic (exact) mass is 211 g/mol. The van der Waals surface area contributed by atoms with Gasteiger partial charge < -0.3 is 5.73 Å². The van der Waals surface area contributed by atoms with Gasteiger partial charge in [0.15, 0.2) is 11.2 Å². The van der Waals surface area contributed by atoms with Crippen LogP contribution in [-0.4, -0.2) is 19.5 Å². The van der Waals surface area contributed by atoms with Crippen molar-refractivity contribution in [3.63, 3.8) is 0 Å². The number of hydrogen-bond donors (Lipinski definition) is 2. The van der Waals surface area contributed by atoms with E-state index in [4.69, 9.17) is 5.73 Å². The Balaban J connectivity index is 2.93. The zero-order valence-electron chi connectivity index (χ0n) is 8.28. The van der Waals surface area contributed by atoms with Crippen molar-refractivity contribution in [3.05, 3.63) is 16.4 Å². The topological polar surface area (TPSA) is 89.6 Å². The molecule has 2 aromatic rings. The Morgan fingerprint density at radius 1 is 1.47 bits per heavy atom. The quantitative estimate of drug-likeness (QED) is 0.669. The Morgan fingerprint density at radius 3 is 2.73 bits per heavy atom. The normalized spacial score (nSPS) is 11.5. The Bertz CT molecular complexity index is 570. The molecular weight excluding hydrogens is 201 g/mol. The Hall–Kier alpha value is -1.92. The second kappa shape index (κ2) is 3.04. The SMILES string of the molecule is CC(C)n1c(F)nc2c(=O)[nH]c(N)nc21. The fourth-order valence-electron chi connectivity index (χ4n) is 1.43. The summed E-state index contributed by atoms with van der Waals surface area (Å²) in [5.74, 6) is -0.0469. The van der Waals surface area contributed by atoms with E-state index in [0.717, 1.165) is 0 Å². The number of rotatable bonds is 1. The molecule has 0 aliphatic carbocycles. The first-order valence-electron chi connectivity index (χ1n) is 4.44. The summed E-state index contributed by atoms with van der Waals surface area (Å²) in [5, 5.41) is 0. The van der Waals surface area contributed by atoms with Crippen LogP contribution >= 0.6 is 0 Å². The van der Waals surface area contributed by atoms with Crippen molar-refractivity contribution < 1.29 is 4.39 Å². The van der Waals surface area contributed by atoms with Gasteiger partial charge >= 0.3 is 0 Å². The number of nitrogens with one attached hydrogen (secondary N) is 1. The van der Waals surface area contributed by atoms with Crippen molar-refractivity contribution in [1.29, 1.82) is 0 Å². The summed E-state index contributed by atoms with van der Waals surface area (Å²) in [6.45, 7) is 3.53. The molecule has 3 N–H and O–H groups in total. The summed E-state index contributed by atoms with van der Waals surface area (Å²) < 4.78 is 14.6. The number of nitrogens with two attached hydrogens (primary N) is 1. The summed E-state index contributed by atoms with van der Waals surface area (Å²) in [4.78, 5) is 21.0. The lowest BCUT2D eigenvalue weighted by molar-refractivity contribution is 0.442. The molecule has 2 rings (SSSR count). The number of fused-ring (bicyclic) bond motifs is 1. The third-order valence-electron chi connectivity index (χ3n) is 2.04. The van der Waals surface area contributed by atoms with Crippen LogP contribution in [0, 0.1) is 6.08 Å². The maximum absolute atomic E-state index is 13.4. The molecule has 0 unspecified atom stereocenters. The lowest BCUT2D eigenvalue weighted by atomic mass is 10.4. The number of imidazole rings is 1. The van der Waals surface area contributed by atoms with E-state index in [9.17, 15) is 9.18 Å². The lowest BCUT2D eigenvalue weighted by Gasteiger charge is -2.07. The highest BCUT2D eigenvalue weighted by Gasteiger charge is 2.16. The second-order valence-electron chi connectivity index (χ2n) is 3.47. The summed E-state index contributed by atoms with van der Waals surface area (Å²) in [7, 11) is 0. The predicted molar refractivity (Wildman–Crippen MR) is 52.9 cm³/mol. The molecule has 0 saturated heterocycles. The molecule has 0 amide bonds. The van der Waals surface area contributed by atoms with E-state index < -0.39 is 11.6 Å². The van der Waals surface area contributed by atoms with Crippen molar-refractivity contribution in [1.82, 2.24) is 19.5 Å². The molecule has 0 aliphatic rings. The van der Waals surface area contributed by atoms with Gasteiger partial charge in [-0.25, -0.2) is 0 Å². The first-order valence-corrected chi connectivity index (χ1v) is 4.44. The molecule has 2 heterocycles. The van der Waals surface area contributed by atoms with Crippen LogP contribution in [0.1, 0.15) is 19.9 Å². The van der Waals surface area contributed by atoms with E-state index in [0.29, 0.717) is 0 Å². The molecule has 0 aromatic carbocycles. The molecule has 0 spiro atoms. The van der Waals surface area contributed by atoms with Crippen LogP contribution in [0.5, 0.6) is 0 Å². The molecule has 2 aromatic heterocycles. The van der Waals surface area contributed by atoms with E-state index in [2.05, 4.69) is 15.0 Å². The van der Waals surface area contributed by atoms with Crippen LogP contribution in [0.2, 0.25) is 0 Å². The van der Waals surface area contributed by atoms with Crippen molar-refractivity contribution in [2.45, 2.75) is 19.9 Å². The molecule has 0 bridgehead atoms. The second-order valence-corrected chi connectivity index (χ2v) is 3.47. The molecule has 0 aliphatic heterocycles. The third-order valence-corrected chi connectivity index (χ3v) is 2.04. The smallest absolute Gasteiger partial charge is 0.291 e. The number of halogens is 1. The fourth-order valence-corrected chi connectivity index (χ4v) is 1.43. The van der Waals surface area contributed by atoms with Crippen LogP contribution in [0.3, 0.4) is 0 Å². The van der Waals surface area contributed by atoms with Gasteiger partial charge in [0.25, 0.3) is 11.6 Å². The molecule has 15 heavy (non-hydrogen) atoms. The van der Waals surface area contributed by atoms with Crippen LogP contribution in [0.4, 0.5) is 10.3 Å². The molecule has 0 saturated carbocycles. The average Bonchev–Trinajstić information content (AvgIpc) is 2.41. The van der Waals surface area contributed by atoms with E-state index >= 15 is 0 Å². The minimum absolute atomic E-state index is 0.0320. The first-order chi connectivity index (χ1) is 7.00. The highest BCUT2D eigenvalue weighted by atomic mass is 19.1. The zero-order valence-corrected chi connectivity index (χ0v) is 8.28. The van der Waals surface area contributed by atoms with Gasteiger partial charge in [0.05, 0.1) is 0 Å². The molecule has 7 heteroatoms. The molecule has 0 fully saturated rings. The minimum Gasteiger partial charge on any atom is -0.369 e. The van der Waals surface area contributed by atoms with Crippen molar-refractivity contribution in [2.75, 3.05) is 5.73 Å². The molecular formula is C8H10FN5O. The number of nitrogen functional groups attached to an aromatic ring is 1. The number of nitrogens with zero attached hydrogens (tertiary/aromatic N) is 3. The standard InChI is InChI=1S/C8H10FN5O/c1-3(2)14-5-4(11-7(14)9)6(15)13-8(10)12-5/h3H,1-2H3,(H3,10,12,13,15). The van der Waals surface area contributed by atoms with Crippen LogP contribution in [0.15, 0.2) is 4.79 Å². The van der Waals surface area contributed by atoms with Crippen molar-refractivity contribution >= 4 is 17.1 Å². The van der Waals surface area contributed by atoms with Gasteiger partial charge in [0.2, 0.25) is 5.95 Å². The van der Waals surface area contributed by atoms with Gasteiger partial charge in [-0.3, -0.25) is 14.3 Å².